The van der Waals surface area contributed by atoms with Crippen LogP contribution in [0, 0.1) is 0 Å². The zero-order valence-corrected chi connectivity index (χ0v) is 15.8. The van der Waals surface area contributed by atoms with Crippen molar-refractivity contribution in [3.8, 4) is 0 Å². The Morgan fingerprint density at radius 2 is 1.68 bits per heavy atom. The Kier molecular flexibility index (Phi) is 6.14. The second kappa shape index (κ2) is 8.56. The lowest BCUT2D eigenvalue weighted by Crippen LogP contribution is -2.32. The summed E-state index contributed by atoms with van der Waals surface area (Å²) in [5, 5.41) is 6.06. The topological polar surface area (TPSA) is 61.4 Å². The van der Waals surface area contributed by atoms with Gasteiger partial charge < -0.3 is 15.5 Å². The first-order chi connectivity index (χ1) is 13.3. The molecule has 1 aliphatic rings. The van der Waals surface area contributed by atoms with Gasteiger partial charge in [0, 0.05) is 30.2 Å². The summed E-state index contributed by atoms with van der Waals surface area (Å²) < 4.78 is 26.4. The molecule has 0 saturated carbocycles. The monoisotopic (exact) mass is 407 g/mol. The fraction of sp³-hybridized carbons (Fsp3) is 0.300. The molecule has 1 fully saturated rings. The molecule has 0 spiro atoms. The summed E-state index contributed by atoms with van der Waals surface area (Å²) in [7, 11) is 0. The highest BCUT2D eigenvalue weighted by atomic mass is 35.5. The number of benzene rings is 2. The van der Waals surface area contributed by atoms with Crippen LogP contribution in [0.25, 0.3) is 0 Å². The summed E-state index contributed by atoms with van der Waals surface area (Å²) in [5.74, 6) is -3.11. The molecule has 1 heterocycles. The van der Waals surface area contributed by atoms with Gasteiger partial charge in [0.2, 0.25) is 5.91 Å². The third-order valence-electron chi connectivity index (χ3n) is 4.46. The molecule has 28 heavy (non-hydrogen) atoms. The van der Waals surface area contributed by atoms with Gasteiger partial charge in [0.05, 0.1) is 13.0 Å². The molecular weight excluding hydrogens is 388 g/mol. The molecule has 0 radical (unpaired) electrons. The molecule has 8 heteroatoms. The van der Waals surface area contributed by atoms with Crippen LogP contribution in [-0.4, -0.2) is 35.9 Å². The van der Waals surface area contributed by atoms with Crippen molar-refractivity contribution in [2.24, 2.45) is 0 Å². The maximum absolute atomic E-state index is 13.2. The van der Waals surface area contributed by atoms with Crippen LogP contribution in [0.4, 0.5) is 19.3 Å². The molecule has 2 aromatic carbocycles. The van der Waals surface area contributed by atoms with E-state index >= 15 is 0 Å². The van der Waals surface area contributed by atoms with Gasteiger partial charge in [0.25, 0.3) is 5.92 Å². The third kappa shape index (κ3) is 5.66. The summed E-state index contributed by atoms with van der Waals surface area (Å²) in [6, 6.07) is 13.5. The fourth-order valence-electron chi connectivity index (χ4n) is 2.90. The molecule has 1 aliphatic heterocycles. The van der Waals surface area contributed by atoms with Gasteiger partial charge in [-0.05, 0) is 35.4 Å². The highest BCUT2D eigenvalue weighted by Gasteiger charge is 2.39. The number of alkyl halides is 2. The molecule has 0 atom stereocenters. The lowest BCUT2D eigenvalue weighted by molar-refractivity contribution is -0.130. The van der Waals surface area contributed by atoms with Crippen LogP contribution in [0.3, 0.4) is 0 Å². The number of halogens is 3. The molecule has 0 aliphatic carbocycles. The summed E-state index contributed by atoms with van der Waals surface area (Å²) in [5.41, 5.74) is 2.19. The smallest absolute Gasteiger partial charge is 0.319 e. The molecule has 2 N–H and O–H groups in total. The summed E-state index contributed by atoms with van der Waals surface area (Å²) in [4.78, 5) is 25.3. The number of anilines is 1. The molecule has 2 aromatic rings. The second-order valence-electron chi connectivity index (χ2n) is 6.73. The summed E-state index contributed by atoms with van der Waals surface area (Å²) >= 11 is 5.82. The van der Waals surface area contributed by atoms with Crippen molar-refractivity contribution < 1.29 is 18.4 Å². The van der Waals surface area contributed by atoms with E-state index in [0.29, 0.717) is 22.8 Å². The van der Waals surface area contributed by atoms with E-state index in [4.69, 9.17) is 11.6 Å². The zero-order valence-electron chi connectivity index (χ0n) is 15.1. The van der Waals surface area contributed by atoms with Crippen molar-refractivity contribution in [2.75, 3.05) is 18.4 Å². The van der Waals surface area contributed by atoms with E-state index < -0.39 is 12.5 Å². The Balaban J connectivity index is 1.46. The molecule has 3 amide bonds. The molecule has 148 valence electrons. The van der Waals surface area contributed by atoms with Gasteiger partial charge in [-0.25, -0.2) is 13.6 Å². The Labute approximate surface area is 166 Å². The van der Waals surface area contributed by atoms with Gasteiger partial charge in [-0.15, -0.1) is 0 Å². The van der Waals surface area contributed by atoms with Gasteiger partial charge >= 0.3 is 6.03 Å². The van der Waals surface area contributed by atoms with Crippen LogP contribution in [0.15, 0.2) is 48.5 Å². The van der Waals surface area contributed by atoms with Crippen molar-refractivity contribution in [1.82, 2.24) is 10.2 Å². The zero-order chi connectivity index (χ0) is 20.1. The predicted octanol–water partition coefficient (Wildman–Crippen LogP) is 4.07. The predicted molar refractivity (Wildman–Crippen MR) is 104 cm³/mol. The van der Waals surface area contributed by atoms with E-state index in [9.17, 15) is 18.4 Å². The maximum Gasteiger partial charge on any atom is 0.319 e. The minimum atomic E-state index is -2.79. The molecule has 3 rings (SSSR count). The minimum Gasteiger partial charge on any atom is -0.336 e. The van der Waals surface area contributed by atoms with Crippen molar-refractivity contribution in [3.05, 3.63) is 64.7 Å². The highest BCUT2D eigenvalue weighted by molar-refractivity contribution is 6.30. The minimum absolute atomic E-state index is 0.0547. The number of hydrogen-bond donors (Lipinski definition) is 2. The van der Waals surface area contributed by atoms with Crippen LogP contribution >= 0.6 is 11.6 Å². The molecule has 5 nitrogen and oxygen atoms in total. The first kappa shape index (κ1) is 20.1. The van der Waals surface area contributed by atoms with Crippen molar-refractivity contribution in [3.63, 3.8) is 0 Å². The van der Waals surface area contributed by atoms with Gasteiger partial charge in [-0.2, -0.15) is 0 Å². The van der Waals surface area contributed by atoms with E-state index in [1.54, 1.807) is 36.4 Å². The SMILES string of the molecule is O=C(NCc1ccc(Cl)cc1)Nc1ccc(CC(=O)N2CCC(F)(F)C2)cc1. The number of carbonyl (C=O) groups is 2. The Morgan fingerprint density at radius 3 is 2.29 bits per heavy atom. The number of carbonyl (C=O) groups excluding carboxylic acids is 2. The van der Waals surface area contributed by atoms with E-state index in [1.807, 2.05) is 12.1 Å². The van der Waals surface area contributed by atoms with Gasteiger partial charge in [-0.1, -0.05) is 35.9 Å². The normalized spacial score (nSPS) is 15.3. The first-order valence-electron chi connectivity index (χ1n) is 8.85. The number of nitrogens with zero attached hydrogens (tertiary/aromatic N) is 1. The molecule has 0 aromatic heterocycles. The number of rotatable bonds is 5. The van der Waals surface area contributed by atoms with Crippen molar-refractivity contribution in [2.45, 2.75) is 25.3 Å². The molecule has 0 bridgehead atoms. The van der Waals surface area contributed by atoms with Crippen LogP contribution in [0.5, 0.6) is 0 Å². The standard InChI is InChI=1S/C20H20ClF2N3O2/c21-16-5-1-15(2-6-16)12-24-19(28)25-17-7-3-14(4-8-17)11-18(27)26-10-9-20(22,23)13-26/h1-8H,9-13H2,(H2,24,25,28). The lowest BCUT2D eigenvalue weighted by Gasteiger charge is -2.16. The highest BCUT2D eigenvalue weighted by Crippen LogP contribution is 2.27. The van der Waals surface area contributed by atoms with Gasteiger partial charge in [0.1, 0.15) is 0 Å². The summed E-state index contributed by atoms with van der Waals surface area (Å²) in [6.07, 6.45) is -0.230. The number of likely N-dealkylation sites (tertiary alicyclic amines) is 1. The number of urea groups is 1. The number of nitrogens with one attached hydrogen (secondary N) is 2. The van der Waals surface area contributed by atoms with Crippen LogP contribution in [-0.2, 0) is 17.8 Å². The van der Waals surface area contributed by atoms with Crippen LogP contribution in [0.1, 0.15) is 17.5 Å². The molecule has 0 unspecified atom stereocenters. The van der Waals surface area contributed by atoms with Crippen LogP contribution in [0.2, 0.25) is 5.02 Å². The molecule has 1 saturated heterocycles. The van der Waals surface area contributed by atoms with Crippen molar-refractivity contribution >= 4 is 29.2 Å². The van der Waals surface area contributed by atoms with E-state index in [1.165, 1.54) is 4.90 Å². The van der Waals surface area contributed by atoms with E-state index in [-0.39, 0.29) is 31.3 Å². The Bertz CT molecular complexity index is 842. The number of hydrogen-bond acceptors (Lipinski definition) is 2. The quantitative estimate of drug-likeness (QED) is 0.784. The second-order valence-corrected chi connectivity index (χ2v) is 7.17. The van der Waals surface area contributed by atoms with E-state index in [0.717, 1.165) is 5.56 Å². The van der Waals surface area contributed by atoms with Gasteiger partial charge in [0.15, 0.2) is 0 Å². The largest absolute Gasteiger partial charge is 0.336 e. The molecular formula is C20H20ClF2N3O2. The Morgan fingerprint density at radius 1 is 1.04 bits per heavy atom. The third-order valence-corrected chi connectivity index (χ3v) is 4.71. The average molecular weight is 408 g/mol. The number of amides is 3. The van der Waals surface area contributed by atoms with E-state index in [2.05, 4.69) is 10.6 Å². The average Bonchev–Trinajstić information content (AvgIpc) is 3.03. The lowest BCUT2D eigenvalue weighted by atomic mass is 10.1. The first-order valence-corrected chi connectivity index (χ1v) is 9.22. The fourth-order valence-corrected chi connectivity index (χ4v) is 3.03. The Hall–Kier alpha value is -2.67. The van der Waals surface area contributed by atoms with Gasteiger partial charge in [-0.3, -0.25) is 4.79 Å². The van der Waals surface area contributed by atoms with Crippen molar-refractivity contribution in [1.29, 1.82) is 0 Å². The maximum atomic E-state index is 13.2. The van der Waals surface area contributed by atoms with Crippen LogP contribution < -0.4 is 10.6 Å². The summed E-state index contributed by atoms with van der Waals surface area (Å²) in [6.45, 7) is -0.0748.